The van der Waals surface area contributed by atoms with Gasteiger partial charge in [0.2, 0.25) is 5.91 Å². The number of aliphatic hydroxyl groups is 1. The van der Waals surface area contributed by atoms with Gasteiger partial charge in [0, 0.05) is 23.7 Å². The highest BCUT2D eigenvalue weighted by Gasteiger charge is 2.10. The number of carbonyl (C=O) groups is 1. The zero-order valence-corrected chi connectivity index (χ0v) is 12.4. The van der Waals surface area contributed by atoms with Crippen molar-refractivity contribution in [2.24, 2.45) is 0 Å². The predicted octanol–water partition coefficient (Wildman–Crippen LogP) is 2.37. The molecule has 0 fully saturated rings. The van der Waals surface area contributed by atoms with Gasteiger partial charge in [-0.2, -0.15) is 0 Å². The van der Waals surface area contributed by atoms with E-state index in [9.17, 15) is 15.0 Å². The fourth-order valence-corrected chi connectivity index (χ4v) is 2.62. The smallest absolute Gasteiger partial charge is 0.244 e. The van der Waals surface area contributed by atoms with Crippen molar-refractivity contribution in [3.05, 3.63) is 51.4 Å². The Balaban J connectivity index is 1.84. The molecule has 0 aromatic carbocycles. The summed E-state index contributed by atoms with van der Waals surface area (Å²) in [7, 11) is 0. The number of aliphatic hydroxyl groups excluding tert-OH is 1. The molecule has 2 heterocycles. The second kappa shape index (κ2) is 7.21. The normalized spacial score (nSPS) is 12.5. The molecule has 0 aliphatic heterocycles. The molecular weight excluding hydrogens is 312 g/mol. The van der Waals surface area contributed by atoms with Crippen LogP contribution in [-0.2, 0) is 4.79 Å². The first-order chi connectivity index (χ1) is 10.0. The van der Waals surface area contributed by atoms with Gasteiger partial charge in [0.1, 0.15) is 11.9 Å². The highest BCUT2D eigenvalue weighted by Crippen LogP contribution is 2.26. The third kappa shape index (κ3) is 4.86. The summed E-state index contributed by atoms with van der Waals surface area (Å²) in [5.41, 5.74) is 0.607. The molecular formula is C14H13ClN2O3S. The number of nitrogens with one attached hydrogen (secondary N) is 1. The van der Waals surface area contributed by atoms with Gasteiger partial charge in [0.25, 0.3) is 0 Å². The van der Waals surface area contributed by atoms with Gasteiger partial charge in [-0.05, 0) is 29.8 Å². The van der Waals surface area contributed by atoms with Crippen LogP contribution in [0.25, 0.3) is 6.08 Å². The lowest BCUT2D eigenvalue weighted by Crippen LogP contribution is -2.26. The Hall–Kier alpha value is -1.89. The summed E-state index contributed by atoms with van der Waals surface area (Å²) in [5, 5.41) is 21.7. The van der Waals surface area contributed by atoms with Crippen molar-refractivity contribution >= 4 is 34.9 Å². The van der Waals surface area contributed by atoms with Crippen LogP contribution in [0.5, 0.6) is 5.75 Å². The average Bonchev–Trinajstić information content (AvgIpc) is 2.89. The topological polar surface area (TPSA) is 82.5 Å². The quantitative estimate of drug-likeness (QED) is 0.737. The highest BCUT2D eigenvalue weighted by molar-refractivity contribution is 7.16. The fraction of sp³-hybridized carbons (Fsp3) is 0.143. The van der Waals surface area contributed by atoms with Crippen LogP contribution in [0.3, 0.4) is 0 Å². The fourth-order valence-electron chi connectivity index (χ4n) is 1.57. The summed E-state index contributed by atoms with van der Waals surface area (Å²) in [6, 6.07) is 4.90. The molecule has 3 N–H and O–H groups in total. The number of thiophene rings is 1. The Bertz CT molecular complexity index is 657. The monoisotopic (exact) mass is 324 g/mol. The lowest BCUT2D eigenvalue weighted by molar-refractivity contribution is -0.116. The van der Waals surface area contributed by atoms with Crippen LogP contribution < -0.4 is 5.32 Å². The molecule has 0 aliphatic carbocycles. The molecule has 21 heavy (non-hydrogen) atoms. The van der Waals surface area contributed by atoms with Crippen LogP contribution in [0.1, 0.15) is 16.5 Å². The summed E-state index contributed by atoms with van der Waals surface area (Å²) in [4.78, 5) is 16.1. The van der Waals surface area contributed by atoms with Crippen LogP contribution in [0, 0.1) is 0 Å². The van der Waals surface area contributed by atoms with Gasteiger partial charge in [-0.3, -0.25) is 9.78 Å². The van der Waals surface area contributed by atoms with Gasteiger partial charge < -0.3 is 15.5 Å². The Morgan fingerprint density at radius 2 is 2.29 bits per heavy atom. The summed E-state index contributed by atoms with van der Waals surface area (Å²) in [5.74, 6) is -0.317. The Morgan fingerprint density at radius 1 is 1.48 bits per heavy atom. The molecule has 1 amide bonds. The van der Waals surface area contributed by atoms with Crippen molar-refractivity contribution in [2.75, 3.05) is 6.54 Å². The second-order valence-electron chi connectivity index (χ2n) is 4.21. The van der Waals surface area contributed by atoms with E-state index in [2.05, 4.69) is 10.3 Å². The van der Waals surface area contributed by atoms with Crippen LogP contribution >= 0.6 is 22.9 Å². The Morgan fingerprint density at radius 3 is 2.95 bits per heavy atom. The predicted molar refractivity (Wildman–Crippen MR) is 82.2 cm³/mol. The van der Waals surface area contributed by atoms with Crippen LogP contribution in [0.2, 0.25) is 4.34 Å². The molecule has 0 aliphatic rings. The number of hydrogen-bond acceptors (Lipinski definition) is 5. The number of aromatic hydroxyl groups is 1. The average molecular weight is 325 g/mol. The van der Waals surface area contributed by atoms with Crippen molar-refractivity contribution < 1.29 is 15.0 Å². The lowest BCUT2D eigenvalue weighted by Gasteiger charge is -2.08. The van der Waals surface area contributed by atoms with Crippen molar-refractivity contribution in [2.45, 2.75) is 6.10 Å². The number of hydrogen-bond donors (Lipinski definition) is 3. The van der Waals surface area contributed by atoms with E-state index >= 15 is 0 Å². The third-order valence-corrected chi connectivity index (χ3v) is 3.90. The minimum absolute atomic E-state index is 0.0301. The van der Waals surface area contributed by atoms with Crippen molar-refractivity contribution in [1.82, 2.24) is 10.3 Å². The van der Waals surface area contributed by atoms with Gasteiger partial charge in [-0.15, -0.1) is 11.3 Å². The maximum Gasteiger partial charge on any atom is 0.244 e. The highest BCUT2D eigenvalue weighted by atomic mass is 35.5. The molecule has 0 bridgehead atoms. The number of nitrogens with zero attached hydrogens (tertiary/aromatic N) is 1. The Labute approximate surface area is 130 Å². The number of rotatable bonds is 5. The molecule has 0 saturated carbocycles. The number of halogens is 1. The number of carbonyl (C=O) groups excluding carboxylic acids is 1. The zero-order valence-electron chi connectivity index (χ0n) is 10.9. The van der Waals surface area contributed by atoms with E-state index in [1.54, 1.807) is 12.1 Å². The first-order valence-corrected chi connectivity index (χ1v) is 7.27. The summed E-state index contributed by atoms with van der Waals surface area (Å²) in [6.45, 7) is 0.0955. The first-order valence-electron chi connectivity index (χ1n) is 6.08. The van der Waals surface area contributed by atoms with Gasteiger partial charge in [-0.25, -0.2) is 0 Å². The molecule has 2 aromatic rings. The van der Waals surface area contributed by atoms with Gasteiger partial charge in [0.15, 0.2) is 0 Å². The molecule has 7 heteroatoms. The van der Waals surface area contributed by atoms with E-state index in [0.29, 0.717) is 14.8 Å². The Kier molecular flexibility index (Phi) is 5.32. The van der Waals surface area contributed by atoms with Crippen LogP contribution in [0.4, 0.5) is 0 Å². The SMILES string of the molecule is O=C(/C=C/c1cncc(O)c1)NCC(O)c1ccc(Cl)s1. The third-order valence-electron chi connectivity index (χ3n) is 2.56. The maximum atomic E-state index is 11.6. The number of aromatic nitrogens is 1. The van der Waals surface area contributed by atoms with E-state index in [0.717, 1.165) is 0 Å². The standard InChI is InChI=1S/C14H13ClN2O3S/c15-13-3-2-12(21-13)11(19)8-17-14(20)4-1-9-5-10(18)7-16-6-9/h1-7,11,18-19H,8H2,(H,17,20)/b4-1+. The minimum Gasteiger partial charge on any atom is -0.506 e. The number of pyridine rings is 1. The van der Waals surface area contributed by atoms with E-state index < -0.39 is 6.10 Å². The van der Waals surface area contributed by atoms with Gasteiger partial charge >= 0.3 is 0 Å². The number of amides is 1. The molecule has 2 aromatic heterocycles. The van der Waals surface area contributed by atoms with Crippen molar-refractivity contribution in [3.63, 3.8) is 0 Å². The molecule has 0 saturated heterocycles. The summed E-state index contributed by atoms with van der Waals surface area (Å²) >= 11 is 7.05. The second-order valence-corrected chi connectivity index (χ2v) is 5.96. The van der Waals surface area contributed by atoms with E-state index in [1.807, 2.05) is 0 Å². The summed E-state index contributed by atoms with van der Waals surface area (Å²) < 4.78 is 0.589. The first kappa shape index (κ1) is 15.5. The molecule has 5 nitrogen and oxygen atoms in total. The van der Waals surface area contributed by atoms with E-state index in [4.69, 9.17) is 11.6 Å². The lowest BCUT2D eigenvalue weighted by atomic mass is 10.2. The maximum absolute atomic E-state index is 11.6. The largest absolute Gasteiger partial charge is 0.506 e. The molecule has 0 spiro atoms. The molecule has 110 valence electrons. The van der Waals surface area contributed by atoms with E-state index in [-0.39, 0.29) is 18.2 Å². The van der Waals surface area contributed by atoms with Crippen LogP contribution in [0.15, 0.2) is 36.7 Å². The van der Waals surface area contributed by atoms with E-state index in [1.165, 1.54) is 41.9 Å². The van der Waals surface area contributed by atoms with Crippen molar-refractivity contribution in [3.8, 4) is 5.75 Å². The molecule has 1 unspecified atom stereocenters. The van der Waals surface area contributed by atoms with Crippen molar-refractivity contribution in [1.29, 1.82) is 0 Å². The zero-order chi connectivity index (χ0) is 15.2. The molecule has 1 atom stereocenters. The van der Waals surface area contributed by atoms with Crippen LogP contribution in [-0.4, -0.2) is 27.6 Å². The summed E-state index contributed by atoms with van der Waals surface area (Å²) in [6.07, 6.45) is 4.87. The van der Waals surface area contributed by atoms with Gasteiger partial charge in [0.05, 0.1) is 10.5 Å². The molecule has 2 rings (SSSR count). The molecule has 0 radical (unpaired) electrons. The minimum atomic E-state index is -0.790. The van der Waals surface area contributed by atoms with Gasteiger partial charge in [-0.1, -0.05) is 11.6 Å².